The minimum Gasteiger partial charge on any atom is -0.378 e. The summed E-state index contributed by atoms with van der Waals surface area (Å²) in [4.78, 5) is 0. The first-order valence-corrected chi connectivity index (χ1v) is 7.22. The lowest BCUT2D eigenvalue weighted by Gasteiger charge is -2.12. The van der Waals surface area contributed by atoms with Crippen LogP contribution in [0.15, 0.2) is 60.7 Å². The van der Waals surface area contributed by atoms with Gasteiger partial charge in [0, 0.05) is 17.1 Å². The minimum absolute atomic E-state index is 0.314. The van der Waals surface area contributed by atoms with E-state index in [9.17, 15) is 0 Å². The molecule has 0 aliphatic carbocycles. The standard InChI is InChI=1S/C18H14ClN/c19-16-6-3-7-17-15(16)11-18(20-17)14-9-8-12-4-1-2-5-13(12)10-14/h1-10,18,20H,11H2. The summed E-state index contributed by atoms with van der Waals surface area (Å²) < 4.78 is 0. The molecule has 1 aliphatic heterocycles. The van der Waals surface area contributed by atoms with Gasteiger partial charge < -0.3 is 5.32 Å². The summed E-state index contributed by atoms with van der Waals surface area (Å²) in [6.07, 6.45) is 0.952. The molecule has 2 heteroatoms. The van der Waals surface area contributed by atoms with Crippen molar-refractivity contribution in [2.75, 3.05) is 5.32 Å². The van der Waals surface area contributed by atoms with Crippen LogP contribution in [0.3, 0.4) is 0 Å². The average Bonchev–Trinajstić information content (AvgIpc) is 2.92. The second-order valence-corrected chi connectivity index (χ2v) is 5.68. The number of fused-ring (bicyclic) bond motifs is 2. The van der Waals surface area contributed by atoms with Crippen molar-refractivity contribution < 1.29 is 0 Å². The van der Waals surface area contributed by atoms with Crippen molar-refractivity contribution in [1.29, 1.82) is 0 Å². The van der Waals surface area contributed by atoms with E-state index in [1.807, 2.05) is 12.1 Å². The summed E-state index contributed by atoms with van der Waals surface area (Å²) in [6, 6.07) is 21.5. The molecule has 1 unspecified atom stereocenters. The Morgan fingerprint density at radius 1 is 0.900 bits per heavy atom. The lowest BCUT2D eigenvalue weighted by Crippen LogP contribution is -2.05. The highest BCUT2D eigenvalue weighted by Crippen LogP contribution is 2.38. The van der Waals surface area contributed by atoms with Gasteiger partial charge in [0.2, 0.25) is 0 Å². The fourth-order valence-corrected chi connectivity index (χ4v) is 3.22. The first kappa shape index (κ1) is 11.8. The van der Waals surface area contributed by atoms with E-state index in [2.05, 4.69) is 53.8 Å². The molecule has 20 heavy (non-hydrogen) atoms. The van der Waals surface area contributed by atoms with Crippen molar-refractivity contribution in [2.45, 2.75) is 12.5 Å². The molecule has 0 spiro atoms. The lowest BCUT2D eigenvalue weighted by atomic mass is 9.99. The van der Waals surface area contributed by atoms with Gasteiger partial charge in [-0.05, 0) is 40.1 Å². The summed E-state index contributed by atoms with van der Waals surface area (Å²) in [5, 5.41) is 7.00. The Balaban J connectivity index is 1.73. The fraction of sp³-hybridized carbons (Fsp3) is 0.111. The molecule has 1 aliphatic rings. The van der Waals surface area contributed by atoms with Crippen LogP contribution in [0.5, 0.6) is 0 Å². The van der Waals surface area contributed by atoms with E-state index in [0.717, 1.165) is 17.1 Å². The van der Waals surface area contributed by atoms with Gasteiger partial charge in [-0.2, -0.15) is 0 Å². The summed E-state index contributed by atoms with van der Waals surface area (Å²) in [6.45, 7) is 0. The zero-order valence-corrected chi connectivity index (χ0v) is 11.7. The number of rotatable bonds is 1. The zero-order chi connectivity index (χ0) is 13.5. The van der Waals surface area contributed by atoms with Crippen LogP contribution >= 0.6 is 11.6 Å². The summed E-state index contributed by atoms with van der Waals surface area (Å²) in [5.74, 6) is 0. The highest BCUT2D eigenvalue weighted by atomic mass is 35.5. The third-order valence-electron chi connectivity index (χ3n) is 4.03. The number of hydrogen-bond acceptors (Lipinski definition) is 1. The van der Waals surface area contributed by atoms with Gasteiger partial charge in [0.05, 0.1) is 6.04 Å². The van der Waals surface area contributed by atoms with E-state index in [4.69, 9.17) is 11.6 Å². The van der Waals surface area contributed by atoms with Crippen LogP contribution in [0.2, 0.25) is 5.02 Å². The third-order valence-corrected chi connectivity index (χ3v) is 4.39. The molecule has 0 fully saturated rings. The second-order valence-electron chi connectivity index (χ2n) is 5.27. The Morgan fingerprint density at radius 2 is 1.75 bits per heavy atom. The molecule has 1 nitrogen and oxygen atoms in total. The highest BCUT2D eigenvalue weighted by molar-refractivity contribution is 6.31. The minimum atomic E-state index is 0.314. The van der Waals surface area contributed by atoms with Crippen LogP contribution in [-0.4, -0.2) is 0 Å². The first-order chi connectivity index (χ1) is 9.81. The molecular weight excluding hydrogens is 266 g/mol. The number of benzene rings is 3. The summed E-state index contributed by atoms with van der Waals surface area (Å²) in [7, 11) is 0. The molecule has 0 bridgehead atoms. The zero-order valence-electron chi connectivity index (χ0n) is 10.9. The van der Waals surface area contributed by atoms with Crippen LogP contribution in [0.1, 0.15) is 17.2 Å². The third kappa shape index (κ3) is 1.86. The predicted molar refractivity (Wildman–Crippen MR) is 85.5 cm³/mol. The Hall–Kier alpha value is -1.99. The molecule has 1 heterocycles. The smallest absolute Gasteiger partial charge is 0.0555 e. The molecule has 98 valence electrons. The van der Waals surface area contributed by atoms with Gasteiger partial charge in [-0.25, -0.2) is 0 Å². The van der Waals surface area contributed by atoms with Crippen molar-refractivity contribution in [2.24, 2.45) is 0 Å². The van der Waals surface area contributed by atoms with E-state index in [-0.39, 0.29) is 0 Å². The van der Waals surface area contributed by atoms with E-state index in [1.54, 1.807) is 0 Å². The molecule has 1 atom stereocenters. The lowest BCUT2D eigenvalue weighted by molar-refractivity contribution is 0.826. The van der Waals surface area contributed by atoms with Crippen LogP contribution in [0.4, 0.5) is 5.69 Å². The first-order valence-electron chi connectivity index (χ1n) is 6.84. The molecule has 3 aromatic carbocycles. The number of nitrogens with one attached hydrogen (secondary N) is 1. The van der Waals surface area contributed by atoms with E-state index < -0.39 is 0 Å². The van der Waals surface area contributed by atoms with Gasteiger partial charge in [-0.15, -0.1) is 0 Å². The molecule has 3 aromatic rings. The maximum Gasteiger partial charge on any atom is 0.0555 e. The van der Waals surface area contributed by atoms with Crippen LogP contribution < -0.4 is 5.32 Å². The molecule has 0 amide bonds. The molecule has 0 radical (unpaired) electrons. The molecule has 0 saturated carbocycles. The maximum atomic E-state index is 6.28. The van der Waals surface area contributed by atoms with Crippen molar-refractivity contribution in [1.82, 2.24) is 0 Å². The van der Waals surface area contributed by atoms with Crippen molar-refractivity contribution in [3.63, 3.8) is 0 Å². The Morgan fingerprint density at radius 3 is 2.60 bits per heavy atom. The van der Waals surface area contributed by atoms with Crippen LogP contribution in [0.25, 0.3) is 10.8 Å². The number of hydrogen-bond donors (Lipinski definition) is 1. The maximum absolute atomic E-state index is 6.28. The Kier molecular flexibility index (Phi) is 2.68. The number of halogens is 1. The monoisotopic (exact) mass is 279 g/mol. The van der Waals surface area contributed by atoms with Crippen molar-refractivity contribution >= 4 is 28.1 Å². The fourth-order valence-electron chi connectivity index (χ4n) is 2.97. The SMILES string of the molecule is Clc1cccc2c1CC(c1ccc3ccccc3c1)N2. The molecule has 4 rings (SSSR count). The average molecular weight is 280 g/mol. The second kappa shape index (κ2) is 4.53. The predicted octanol–water partition coefficient (Wildman–Crippen LogP) is 5.20. The molecular formula is C18H14ClN. The summed E-state index contributed by atoms with van der Waals surface area (Å²) >= 11 is 6.28. The van der Waals surface area contributed by atoms with Gasteiger partial charge in [0.1, 0.15) is 0 Å². The Labute approximate surface area is 123 Å². The highest BCUT2D eigenvalue weighted by Gasteiger charge is 2.23. The molecule has 0 saturated heterocycles. The quantitative estimate of drug-likeness (QED) is 0.645. The topological polar surface area (TPSA) is 12.0 Å². The summed E-state index contributed by atoms with van der Waals surface area (Å²) in [5.41, 5.74) is 3.71. The number of anilines is 1. The van der Waals surface area contributed by atoms with Crippen molar-refractivity contribution in [3.8, 4) is 0 Å². The van der Waals surface area contributed by atoms with Crippen molar-refractivity contribution in [3.05, 3.63) is 76.8 Å². The van der Waals surface area contributed by atoms with E-state index in [1.165, 1.54) is 21.9 Å². The molecule has 1 N–H and O–H groups in total. The molecule has 0 aromatic heterocycles. The van der Waals surface area contributed by atoms with Gasteiger partial charge in [0.15, 0.2) is 0 Å². The van der Waals surface area contributed by atoms with Gasteiger partial charge in [0.25, 0.3) is 0 Å². The largest absolute Gasteiger partial charge is 0.378 e. The van der Waals surface area contributed by atoms with Gasteiger partial charge in [-0.3, -0.25) is 0 Å². The van der Waals surface area contributed by atoms with Crippen LogP contribution in [0, 0.1) is 0 Å². The van der Waals surface area contributed by atoms with Crippen LogP contribution in [-0.2, 0) is 6.42 Å². The Bertz CT molecular complexity index is 794. The van der Waals surface area contributed by atoms with Gasteiger partial charge >= 0.3 is 0 Å². The normalized spacial score (nSPS) is 16.9. The van der Waals surface area contributed by atoms with Gasteiger partial charge in [-0.1, -0.05) is 54.1 Å². The van der Waals surface area contributed by atoms with E-state index in [0.29, 0.717) is 6.04 Å². The van der Waals surface area contributed by atoms with E-state index >= 15 is 0 Å².